The highest BCUT2D eigenvalue weighted by Crippen LogP contribution is 2.37. The lowest BCUT2D eigenvalue weighted by atomic mass is 10.0. The molecule has 0 unspecified atom stereocenters. The van der Waals surface area contributed by atoms with Crippen LogP contribution in [0.2, 0.25) is 0 Å². The molecule has 5 rings (SSSR count). The van der Waals surface area contributed by atoms with E-state index in [0.717, 1.165) is 35.9 Å². The molecule has 4 aromatic rings. The number of rotatable bonds is 6. The summed E-state index contributed by atoms with van der Waals surface area (Å²) in [7, 11) is 1.69. The number of benzene rings is 3. The largest absolute Gasteiger partial charge is 0.497 e. The normalized spacial score (nSPS) is 13.6. The topological polar surface area (TPSA) is 34.6 Å². The van der Waals surface area contributed by atoms with Gasteiger partial charge in [-0.2, -0.15) is 0 Å². The van der Waals surface area contributed by atoms with Crippen LogP contribution in [-0.2, 0) is 18.8 Å². The van der Waals surface area contributed by atoms with Gasteiger partial charge in [-0.15, -0.1) is 11.8 Å². The number of hydrogen-bond acceptors (Lipinski definition) is 5. The summed E-state index contributed by atoms with van der Waals surface area (Å²) >= 11 is 1.85. The number of nitrogens with zero attached hydrogens (tertiary/aromatic N) is 2. The molecule has 0 saturated heterocycles. The van der Waals surface area contributed by atoms with Crippen molar-refractivity contribution in [2.75, 3.05) is 13.8 Å². The van der Waals surface area contributed by atoms with Gasteiger partial charge in [-0.25, -0.2) is 0 Å². The summed E-state index contributed by atoms with van der Waals surface area (Å²) in [6, 6.07) is 25.2. The standard InChI is InChI=1S/C26H24N2O2S/c1-29-22-11-9-19(10-12-22)15-28-16-20-14-21(17-31-23-6-3-2-4-7-23)24-8-5-13-27-25(24)26(20)30-18-28/h2-14H,15-18H2,1H3. The van der Waals surface area contributed by atoms with Gasteiger partial charge in [0.1, 0.15) is 18.0 Å². The van der Waals surface area contributed by atoms with Crippen molar-refractivity contribution in [3.05, 3.63) is 95.7 Å². The van der Waals surface area contributed by atoms with Crippen molar-refractivity contribution in [1.29, 1.82) is 0 Å². The zero-order valence-electron chi connectivity index (χ0n) is 17.5. The van der Waals surface area contributed by atoms with Gasteiger partial charge in [-0.05, 0) is 47.5 Å². The van der Waals surface area contributed by atoms with Gasteiger partial charge < -0.3 is 9.47 Å². The van der Waals surface area contributed by atoms with Crippen LogP contribution in [0, 0.1) is 0 Å². The third-order valence-corrected chi connectivity index (χ3v) is 6.56. The summed E-state index contributed by atoms with van der Waals surface area (Å²) in [5, 5.41) is 1.17. The molecule has 0 spiro atoms. The molecule has 0 atom stereocenters. The van der Waals surface area contributed by atoms with Gasteiger partial charge >= 0.3 is 0 Å². The summed E-state index contributed by atoms with van der Waals surface area (Å²) in [6.45, 7) is 2.23. The zero-order valence-corrected chi connectivity index (χ0v) is 18.3. The molecule has 1 aliphatic heterocycles. The molecular weight excluding hydrogens is 404 g/mol. The number of ether oxygens (including phenoxy) is 2. The van der Waals surface area contributed by atoms with E-state index in [4.69, 9.17) is 9.47 Å². The molecule has 0 saturated carbocycles. The van der Waals surface area contributed by atoms with E-state index in [-0.39, 0.29) is 0 Å². The van der Waals surface area contributed by atoms with Crippen LogP contribution in [0.15, 0.2) is 83.9 Å². The first-order valence-electron chi connectivity index (χ1n) is 10.4. The highest BCUT2D eigenvalue weighted by molar-refractivity contribution is 7.98. The van der Waals surface area contributed by atoms with Crippen LogP contribution in [0.1, 0.15) is 16.7 Å². The minimum Gasteiger partial charge on any atom is -0.497 e. The summed E-state index contributed by atoms with van der Waals surface area (Å²) in [5.74, 6) is 2.70. The molecule has 1 aromatic heterocycles. The fraction of sp³-hybridized carbons (Fsp3) is 0.192. The second-order valence-corrected chi connectivity index (χ2v) is 8.68. The monoisotopic (exact) mass is 428 g/mol. The van der Waals surface area contributed by atoms with Gasteiger partial charge in [0.15, 0.2) is 5.75 Å². The number of thioether (sulfide) groups is 1. The van der Waals surface area contributed by atoms with E-state index in [1.165, 1.54) is 27.0 Å². The lowest BCUT2D eigenvalue weighted by Gasteiger charge is -2.30. The van der Waals surface area contributed by atoms with Crippen molar-refractivity contribution in [2.24, 2.45) is 0 Å². The molecule has 4 nitrogen and oxygen atoms in total. The molecule has 0 amide bonds. The van der Waals surface area contributed by atoms with Gasteiger partial charge in [-0.1, -0.05) is 36.4 Å². The summed E-state index contributed by atoms with van der Waals surface area (Å²) < 4.78 is 11.5. The molecule has 0 aliphatic carbocycles. The van der Waals surface area contributed by atoms with Gasteiger partial charge in [0, 0.05) is 40.9 Å². The van der Waals surface area contributed by atoms with Crippen LogP contribution < -0.4 is 9.47 Å². The molecule has 1 aliphatic rings. The Hall–Kier alpha value is -3.02. The SMILES string of the molecule is COc1ccc(CN2COc3c(cc(CSc4ccccc4)c4cccnc34)C2)cc1. The minimum atomic E-state index is 0.558. The second-order valence-electron chi connectivity index (χ2n) is 7.63. The van der Waals surface area contributed by atoms with E-state index in [9.17, 15) is 0 Å². The summed E-state index contributed by atoms with van der Waals surface area (Å²) in [4.78, 5) is 8.26. The third kappa shape index (κ3) is 4.38. The van der Waals surface area contributed by atoms with E-state index in [1.54, 1.807) is 7.11 Å². The highest BCUT2D eigenvalue weighted by atomic mass is 32.2. The average Bonchev–Trinajstić information content (AvgIpc) is 2.83. The Bertz CT molecular complexity index is 1180. The van der Waals surface area contributed by atoms with Crippen molar-refractivity contribution in [2.45, 2.75) is 23.7 Å². The number of hydrogen-bond donors (Lipinski definition) is 0. The van der Waals surface area contributed by atoms with Crippen molar-refractivity contribution >= 4 is 22.7 Å². The van der Waals surface area contributed by atoms with E-state index in [0.29, 0.717) is 6.73 Å². The van der Waals surface area contributed by atoms with E-state index >= 15 is 0 Å². The quantitative estimate of drug-likeness (QED) is 0.358. The minimum absolute atomic E-state index is 0.558. The summed E-state index contributed by atoms with van der Waals surface area (Å²) in [6.07, 6.45) is 1.85. The molecule has 0 N–H and O–H groups in total. The van der Waals surface area contributed by atoms with Crippen molar-refractivity contribution in [3.63, 3.8) is 0 Å². The average molecular weight is 429 g/mol. The van der Waals surface area contributed by atoms with E-state index in [1.807, 2.05) is 36.2 Å². The molecule has 5 heteroatoms. The van der Waals surface area contributed by atoms with Crippen molar-refractivity contribution in [3.8, 4) is 11.5 Å². The van der Waals surface area contributed by atoms with Crippen LogP contribution in [0.25, 0.3) is 10.9 Å². The second kappa shape index (κ2) is 9.00. The predicted octanol–water partition coefficient (Wildman–Crippen LogP) is 5.89. The molecule has 0 fully saturated rings. The third-order valence-electron chi connectivity index (χ3n) is 5.50. The Labute approximate surface area is 186 Å². The smallest absolute Gasteiger partial charge is 0.152 e. The fourth-order valence-electron chi connectivity index (χ4n) is 3.96. The number of pyridine rings is 1. The molecular formula is C26H24N2O2S. The van der Waals surface area contributed by atoms with Gasteiger partial charge in [0.2, 0.25) is 0 Å². The van der Waals surface area contributed by atoms with Gasteiger partial charge in [0.25, 0.3) is 0 Å². The Kier molecular flexibility index (Phi) is 5.78. The number of aromatic nitrogens is 1. The lowest BCUT2D eigenvalue weighted by Crippen LogP contribution is -2.31. The Morgan fingerprint density at radius 2 is 1.87 bits per heavy atom. The number of fused-ring (bicyclic) bond motifs is 3. The van der Waals surface area contributed by atoms with Crippen LogP contribution in [-0.4, -0.2) is 23.7 Å². The Morgan fingerprint density at radius 1 is 1.03 bits per heavy atom. The zero-order chi connectivity index (χ0) is 21.0. The van der Waals surface area contributed by atoms with Crippen LogP contribution >= 0.6 is 11.8 Å². The molecule has 3 aromatic carbocycles. The Balaban J connectivity index is 1.40. The highest BCUT2D eigenvalue weighted by Gasteiger charge is 2.22. The predicted molar refractivity (Wildman–Crippen MR) is 125 cm³/mol. The summed E-state index contributed by atoms with van der Waals surface area (Å²) in [5.41, 5.74) is 4.71. The first kappa shape index (κ1) is 19.9. The maximum absolute atomic E-state index is 6.22. The van der Waals surface area contributed by atoms with Crippen LogP contribution in [0.3, 0.4) is 0 Å². The molecule has 2 heterocycles. The maximum Gasteiger partial charge on any atom is 0.152 e. The molecule has 0 bridgehead atoms. The lowest BCUT2D eigenvalue weighted by molar-refractivity contribution is 0.0901. The van der Waals surface area contributed by atoms with Gasteiger partial charge in [0.05, 0.1) is 7.11 Å². The van der Waals surface area contributed by atoms with Gasteiger partial charge in [-0.3, -0.25) is 9.88 Å². The fourth-order valence-corrected chi connectivity index (χ4v) is 4.87. The number of methoxy groups -OCH3 is 1. The molecule has 156 valence electrons. The van der Waals surface area contributed by atoms with E-state index < -0.39 is 0 Å². The van der Waals surface area contributed by atoms with Crippen LogP contribution in [0.5, 0.6) is 11.5 Å². The molecule has 0 radical (unpaired) electrons. The molecule has 31 heavy (non-hydrogen) atoms. The maximum atomic E-state index is 6.22. The first-order chi connectivity index (χ1) is 15.3. The van der Waals surface area contributed by atoms with Crippen LogP contribution in [0.4, 0.5) is 0 Å². The van der Waals surface area contributed by atoms with Crippen molar-refractivity contribution < 1.29 is 9.47 Å². The van der Waals surface area contributed by atoms with Crippen molar-refractivity contribution in [1.82, 2.24) is 9.88 Å². The first-order valence-corrected chi connectivity index (χ1v) is 11.3. The Morgan fingerprint density at radius 3 is 2.68 bits per heavy atom. The van der Waals surface area contributed by atoms with E-state index in [2.05, 4.69) is 64.5 Å².